The second-order valence-electron chi connectivity index (χ2n) is 10.2. The van der Waals surface area contributed by atoms with E-state index in [0.29, 0.717) is 30.2 Å². The zero-order valence-electron chi connectivity index (χ0n) is 24.4. The molecule has 0 unspecified atom stereocenters. The van der Waals surface area contributed by atoms with Crippen LogP contribution in [0.3, 0.4) is 0 Å². The van der Waals surface area contributed by atoms with Crippen LogP contribution in [-0.4, -0.2) is 31.2 Å². The predicted molar refractivity (Wildman–Crippen MR) is 169 cm³/mol. The number of ether oxygens (including phenoxy) is 1. The van der Waals surface area contributed by atoms with Crippen molar-refractivity contribution in [3.05, 3.63) is 120 Å². The molecule has 3 N–H and O–H groups in total. The van der Waals surface area contributed by atoms with Crippen LogP contribution in [0.4, 0.5) is 16.2 Å². The number of nitrogens with zero attached hydrogens (tertiary/aromatic N) is 2. The Morgan fingerprint density at radius 1 is 0.886 bits per heavy atom. The highest BCUT2D eigenvalue weighted by molar-refractivity contribution is 7.92. The molecule has 5 rings (SSSR count). The predicted octanol–water partition coefficient (Wildman–Crippen LogP) is 6.74. The number of aromatic nitrogens is 2. The number of anilines is 2. The van der Waals surface area contributed by atoms with E-state index in [-0.39, 0.29) is 10.8 Å². The van der Waals surface area contributed by atoms with Gasteiger partial charge < -0.3 is 19.9 Å². The van der Waals surface area contributed by atoms with Gasteiger partial charge in [0, 0.05) is 23.4 Å². The SMILES string of the molecule is CCCOc1ccc(-c2noc([C@H](Cc3ccccc3)NC(=O)Nc3ccc(NS(=O)(=O)c4ccc(C)cc4)cc3)n2)cc1. The van der Waals surface area contributed by atoms with Gasteiger partial charge in [0.1, 0.15) is 11.8 Å². The van der Waals surface area contributed by atoms with Crippen LogP contribution in [0.15, 0.2) is 113 Å². The summed E-state index contributed by atoms with van der Waals surface area (Å²) in [5, 5.41) is 9.86. The third kappa shape index (κ3) is 8.01. The average molecular weight is 612 g/mol. The summed E-state index contributed by atoms with van der Waals surface area (Å²) in [6, 6.07) is 28.9. The van der Waals surface area contributed by atoms with Crippen molar-refractivity contribution in [1.82, 2.24) is 15.5 Å². The van der Waals surface area contributed by atoms with Crippen LogP contribution in [0.25, 0.3) is 11.4 Å². The number of carbonyl (C=O) groups is 1. The summed E-state index contributed by atoms with van der Waals surface area (Å²) < 4.78 is 39.2. The molecule has 1 aromatic heterocycles. The summed E-state index contributed by atoms with van der Waals surface area (Å²) >= 11 is 0. The highest BCUT2D eigenvalue weighted by Gasteiger charge is 2.23. The first-order chi connectivity index (χ1) is 21.3. The number of nitrogens with one attached hydrogen (secondary N) is 3. The highest BCUT2D eigenvalue weighted by atomic mass is 32.2. The summed E-state index contributed by atoms with van der Waals surface area (Å²) in [4.78, 5) is 17.8. The highest BCUT2D eigenvalue weighted by Crippen LogP contribution is 2.24. The first kappa shape index (κ1) is 30.3. The number of hydrogen-bond acceptors (Lipinski definition) is 7. The molecule has 0 radical (unpaired) electrons. The molecule has 44 heavy (non-hydrogen) atoms. The Labute approximate surface area is 256 Å². The largest absolute Gasteiger partial charge is 0.494 e. The number of hydrogen-bond donors (Lipinski definition) is 3. The first-order valence-corrected chi connectivity index (χ1v) is 15.7. The molecule has 1 heterocycles. The van der Waals surface area contributed by atoms with E-state index in [0.717, 1.165) is 28.9 Å². The van der Waals surface area contributed by atoms with Crippen molar-refractivity contribution in [1.29, 1.82) is 0 Å². The summed E-state index contributed by atoms with van der Waals surface area (Å²) in [5.74, 6) is 1.41. The van der Waals surface area contributed by atoms with Gasteiger partial charge in [0.2, 0.25) is 11.7 Å². The van der Waals surface area contributed by atoms with Crippen molar-refractivity contribution in [3.63, 3.8) is 0 Å². The molecule has 226 valence electrons. The fourth-order valence-electron chi connectivity index (χ4n) is 4.34. The van der Waals surface area contributed by atoms with Gasteiger partial charge in [-0.15, -0.1) is 0 Å². The molecular formula is C33H33N5O5S. The number of carbonyl (C=O) groups excluding carboxylic acids is 1. The van der Waals surface area contributed by atoms with Crippen LogP contribution in [0, 0.1) is 6.92 Å². The number of benzene rings is 4. The lowest BCUT2D eigenvalue weighted by molar-refractivity contribution is 0.243. The number of sulfonamides is 1. The molecule has 4 aromatic carbocycles. The third-order valence-corrected chi connectivity index (χ3v) is 8.04. The molecule has 0 aliphatic rings. The number of amides is 2. The lowest BCUT2D eigenvalue weighted by Crippen LogP contribution is -2.34. The van der Waals surface area contributed by atoms with Gasteiger partial charge in [-0.3, -0.25) is 4.72 Å². The molecule has 1 atom stereocenters. The number of urea groups is 1. The van der Waals surface area contributed by atoms with Crippen molar-refractivity contribution in [3.8, 4) is 17.1 Å². The lowest BCUT2D eigenvalue weighted by Gasteiger charge is -2.16. The van der Waals surface area contributed by atoms with Crippen molar-refractivity contribution in [2.45, 2.75) is 37.6 Å². The molecule has 2 amide bonds. The van der Waals surface area contributed by atoms with E-state index in [1.165, 1.54) is 0 Å². The maximum absolute atomic E-state index is 13.1. The normalized spacial score (nSPS) is 11.9. The molecule has 0 aliphatic heterocycles. The van der Waals surface area contributed by atoms with Crippen LogP contribution in [0.2, 0.25) is 0 Å². The fraction of sp³-hybridized carbons (Fsp3) is 0.182. The molecule has 0 aliphatic carbocycles. The average Bonchev–Trinajstić information content (AvgIpc) is 3.52. The van der Waals surface area contributed by atoms with Gasteiger partial charge in [-0.1, -0.05) is 60.1 Å². The first-order valence-electron chi connectivity index (χ1n) is 14.2. The summed E-state index contributed by atoms with van der Waals surface area (Å²) in [7, 11) is -3.75. The van der Waals surface area contributed by atoms with E-state index < -0.39 is 22.1 Å². The van der Waals surface area contributed by atoms with Crippen molar-refractivity contribution >= 4 is 27.4 Å². The van der Waals surface area contributed by atoms with Crippen LogP contribution < -0.4 is 20.1 Å². The zero-order valence-corrected chi connectivity index (χ0v) is 25.2. The molecule has 0 bridgehead atoms. The van der Waals surface area contributed by atoms with E-state index in [9.17, 15) is 13.2 Å². The molecular weight excluding hydrogens is 578 g/mol. The van der Waals surface area contributed by atoms with Gasteiger partial charge in [0.15, 0.2) is 0 Å². The van der Waals surface area contributed by atoms with E-state index in [4.69, 9.17) is 9.26 Å². The van der Waals surface area contributed by atoms with Gasteiger partial charge in [-0.2, -0.15) is 4.98 Å². The minimum Gasteiger partial charge on any atom is -0.494 e. The van der Waals surface area contributed by atoms with Gasteiger partial charge >= 0.3 is 6.03 Å². The molecule has 0 saturated heterocycles. The number of aryl methyl sites for hydroxylation is 1. The second-order valence-corrected chi connectivity index (χ2v) is 11.8. The Bertz CT molecular complexity index is 1770. The Hall–Kier alpha value is -5.16. The minimum atomic E-state index is -3.75. The van der Waals surface area contributed by atoms with E-state index >= 15 is 0 Å². The Balaban J connectivity index is 1.26. The molecule has 10 nitrogen and oxygen atoms in total. The van der Waals surface area contributed by atoms with Gasteiger partial charge in [-0.25, -0.2) is 13.2 Å². The molecule has 0 saturated carbocycles. The molecule has 0 fully saturated rings. The smallest absolute Gasteiger partial charge is 0.319 e. The van der Waals surface area contributed by atoms with Gasteiger partial charge in [0.25, 0.3) is 10.0 Å². The van der Waals surface area contributed by atoms with Gasteiger partial charge in [0.05, 0.1) is 11.5 Å². The Morgan fingerprint density at radius 3 is 2.25 bits per heavy atom. The lowest BCUT2D eigenvalue weighted by atomic mass is 10.1. The van der Waals surface area contributed by atoms with E-state index in [1.807, 2.05) is 68.4 Å². The Kier molecular flexibility index (Phi) is 9.56. The number of rotatable bonds is 12. The summed E-state index contributed by atoms with van der Waals surface area (Å²) in [6.07, 6.45) is 1.33. The zero-order chi connectivity index (χ0) is 30.9. The van der Waals surface area contributed by atoms with Crippen LogP contribution >= 0.6 is 0 Å². The summed E-state index contributed by atoms with van der Waals surface area (Å²) in [6.45, 7) is 4.57. The quantitative estimate of drug-likeness (QED) is 0.142. The third-order valence-electron chi connectivity index (χ3n) is 6.64. The topological polar surface area (TPSA) is 135 Å². The van der Waals surface area contributed by atoms with Gasteiger partial charge in [-0.05, 0) is 79.6 Å². The fourth-order valence-corrected chi connectivity index (χ4v) is 5.40. The maximum atomic E-state index is 13.1. The molecule has 5 aromatic rings. The van der Waals surface area contributed by atoms with Crippen molar-refractivity contribution in [2.75, 3.05) is 16.6 Å². The van der Waals surface area contributed by atoms with E-state index in [1.54, 1.807) is 48.5 Å². The van der Waals surface area contributed by atoms with E-state index in [2.05, 4.69) is 25.5 Å². The van der Waals surface area contributed by atoms with Crippen molar-refractivity contribution in [2.24, 2.45) is 0 Å². The minimum absolute atomic E-state index is 0.163. The molecule has 0 spiro atoms. The van der Waals surface area contributed by atoms with Crippen molar-refractivity contribution < 1.29 is 22.5 Å². The van der Waals surface area contributed by atoms with Crippen LogP contribution in [0.1, 0.15) is 36.4 Å². The van der Waals surface area contributed by atoms with Crippen LogP contribution in [-0.2, 0) is 16.4 Å². The Morgan fingerprint density at radius 2 is 1.57 bits per heavy atom. The summed E-state index contributed by atoms with van der Waals surface area (Å²) in [5.41, 5.74) is 3.52. The molecule has 11 heteroatoms. The second kappa shape index (κ2) is 13.9. The maximum Gasteiger partial charge on any atom is 0.319 e. The van der Waals surface area contributed by atoms with Crippen LogP contribution in [0.5, 0.6) is 5.75 Å². The standard InChI is InChI=1S/C33H33N5O5S/c1-3-21-42-28-17-11-25(12-18-28)31-36-32(43-37-31)30(22-24-7-5-4-6-8-24)35-33(39)34-26-13-15-27(16-14-26)38-44(40,41)29-19-9-23(2)10-20-29/h4-20,30,38H,3,21-22H2,1-2H3,(H2,34,35,39)/t30-/m0/s1. The monoisotopic (exact) mass is 611 g/mol.